The lowest BCUT2D eigenvalue weighted by Gasteiger charge is -2.15. The molecule has 1 atom stereocenters. The van der Waals surface area contributed by atoms with E-state index in [-0.39, 0.29) is 23.9 Å². The van der Waals surface area contributed by atoms with Crippen molar-refractivity contribution in [2.24, 2.45) is 0 Å². The van der Waals surface area contributed by atoms with Crippen LogP contribution in [0.4, 0.5) is 0 Å². The zero-order valence-corrected chi connectivity index (χ0v) is 20.5. The summed E-state index contributed by atoms with van der Waals surface area (Å²) in [6.07, 6.45) is 9.58. The van der Waals surface area contributed by atoms with E-state index < -0.39 is 0 Å². The lowest BCUT2D eigenvalue weighted by molar-refractivity contribution is -0.121. The first-order valence-electron chi connectivity index (χ1n) is 12.0. The third-order valence-corrected chi connectivity index (χ3v) is 7.61. The maximum atomic E-state index is 13.1. The van der Waals surface area contributed by atoms with Gasteiger partial charge in [0.25, 0.3) is 5.56 Å². The van der Waals surface area contributed by atoms with Gasteiger partial charge in [0.2, 0.25) is 5.91 Å². The summed E-state index contributed by atoms with van der Waals surface area (Å²) in [5.74, 6) is 0.655. The highest BCUT2D eigenvalue weighted by atomic mass is 32.1. The molecule has 0 fully saturated rings. The fourth-order valence-electron chi connectivity index (χ4n) is 4.46. The highest BCUT2D eigenvalue weighted by Crippen LogP contribution is 2.33. The zero-order chi connectivity index (χ0) is 24.2. The largest absolute Gasteiger partial charge is 0.489 e. The Labute approximate surface area is 207 Å². The normalized spacial score (nSPS) is 13.9. The number of nitrogens with zero attached hydrogens (tertiary/aromatic N) is 3. The van der Waals surface area contributed by atoms with Crippen LogP contribution in [0.1, 0.15) is 53.8 Å². The highest BCUT2D eigenvalue weighted by molar-refractivity contribution is 7.18. The third-order valence-electron chi connectivity index (χ3n) is 6.41. The SMILES string of the molecule is CC(NC(=O)CCn1cnc2sc3c(c2c1=O)CCCC3)c1ccc(OCc2cccnc2)cc1. The van der Waals surface area contributed by atoms with Crippen LogP contribution in [0, 0.1) is 0 Å². The van der Waals surface area contributed by atoms with E-state index in [1.165, 1.54) is 16.9 Å². The Morgan fingerprint density at radius 1 is 1.20 bits per heavy atom. The molecule has 5 rings (SSSR count). The van der Waals surface area contributed by atoms with Crippen LogP contribution in [0.25, 0.3) is 10.2 Å². The molecule has 0 saturated carbocycles. The highest BCUT2D eigenvalue weighted by Gasteiger charge is 2.20. The van der Waals surface area contributed by atoms with E-state index in [0.29, 0.717) is 13.2 Å². The third kappa shape index (κ3) is 5.27. The molecule has 1 aliphatic rings. The van der Waals surface area contributed by atoms with E-state index >= 15 is 0 Å². The van der Waals surface area contributed by atoms with Crippen molar-refractivity contribution in [2.45, 2.75) is 58.2 Å². The Morgan fingerprint density at radius 2 is 2.03 bits per heavy atom. The van der Waals surface area contributed by atoms with Gasteiger partial charge in [-0.15, -0.1) is 11.3 Å². The second-order valence-electron chi connectivity index (χ2n) is 8.89. The number of ether oxygens (including phenoxy) is 1. The summed E-state index contributed by atoms with van der Waals surface area (Å²) in [6.45, 7) is 2.71. The quantitative estimate of drug-likeness (QED) is 0.392. The summed E-state index contributed by atoms with van der Waals surface area (Å²) in [7, 11) is 0. The van der Waals surface area contributed by atoms with Gasteiger partial charge in [-0.05, 0) is 61.9 Å². The lowest BCUT2D eigenvalue weighted by Crippen LogP contribution is -2.29. The number of thiophene rings is 1. The molecule has 1 N–H and O–H groups in total. The molecular formula is C27H28N4O3S. The van der Waals surface area contributed by atoms with Crippen LogP contribution in [0.15, 0.2) is 59.9 Å². The molecule has 0 radical (unpaired) electrons. The average Bonchev–Trinajstić information content (AvgIpc) is 3.27. The number of carbonyl (C=O) groups excluding carboxylic acids is 1. The monoisotopic (exact) mass is 488 g/mol. The molecule has 8 heteroatoms. The topological polar surface area (TPSA) is 86.1 Å². The Kier molecular flexibility index (Phi) is 6.90. The number of rotatable bonds is 8. The van der Waals surface area contributed by atoms with Gasteiger partial charge in [-0.1, -0.05) is 18.2 Å². The number of aryl methyl sites for hydroxylation is 3. The minimum absolute atomic E-state index is 0.0304. The molecule has 7 nitrogen and oxygen atoms in total. The number of fused-ring (bicyclic) bond motifs is 3. The summed E-state index contributed by atoms with van der Waals surface area (Å²) < 4.78 is 7.37. The molecule has 1 aliphatic carbocycles. The maximum Gasteiger partial charge on any atom is 0.262 e. The maximum absolute atomic E-state index is 13.1. The Balaban J connectivity index is 1.16. The van der Waals surface area contributed by atoms with Crippen molar-refractivity contribution in [3.63, 3.8) is 0 Å². The van der Waals surface area contributed by atoms with E-state index in [2.05, 4.69) is 15.3 Å². The van der Waals surface area contributed by atoms with Gasteiger partial charge in [0.05, 0.1) is 17.8 Å². The van der Waals surface area contributed by atoms with Crippen molar-refractivity contribution in [1.29, 1.82) is 0 Å². The molecule has 0 aliphatic heterocycles. The smallest absolute Gasteiger partial charge is 0.262 e. The van der Waals surface area contributed by atoms with Gasteiger partial charge in [-0.3, -0.25) is 19.1 Å². The molecular weight excluding hydrogens is 460 g/mol. The van der Waals surface area contributed by atoms with Gasteiger partial charge < -0.3 is 10.1 Å². The second kappa shape index (κ2) is 10.4. The molecule has 35 heavy (non-hydrogen) atoms. The zero-order valence-electron chi connectivity index (χ0n) is 19.7. The van der Waals surface area contributed by atoms with Crippen molar-refractivity contribution in [3.8, 4) is 5.75 Å². The van der Waals surface area contributed by atoms with Crippen LogP contribution >= 0.6 is 11.3 Å². The summed E-state index contributed by atoms with van der Waals surface area (Å²) in [5, 5.41) is 3.78. The summed E-state index contributed by atoms with van der Waals surface area (Å²) in [4.78, 5) is 36.4. The van der Waals surface area contributed by atoms with Crippen molar-refractivity contribution in [3.05, 3.63) is 87.0 Å². The summed E-state index contributed by atoms with van der Waals surface area (Å²) in [6, 6.07) is 11.4. The van der Waals surface area contributed by atoms with Crippen LogP contribution in [0.3, 0.4) is 0 Å². The van der Waals surface area contributed by atoms with Crippen LogP contribution in [0.5, 0.6) is 5.75 Å². The Bertz CT molecular complexity index is 1380. The number of carbonyl (C=O) groups is 1. The van der Waals surface area contributed by atoms with Crippen molar-refractivity contribution in [1.82, 2.24) is 19.9 Å². The van der Waals surface area contributed by atoms with E-state index in [1.54, 1.807) is 34.6 Å². The van der Waals surface area contributed by atoms with Gasteiger partial charge in [0, 0.05) is 35.8 Å². The molecule has 1 aromatic carbocycles. The van der Waals surface area contributed by atoms with Gasteiger partial charge in [-0.2, -0.15) is 0 Å². The molecule has 1 amide bonds. The van der Waals surface area contributed by atoms with Crippen LogP contribution in [0.2, 0.25) is 0 Å². The predicted octanol–water partition coefficient (Wildman–Crippen LogP) is 4.58. The van der Waals surface area contributed by atoms with Gasteiger partial charge in [0.1, 0.15) is 17.2 Å². The number of pyridine rings is 1. The molecule has 1 unspecified atom stereocenters. The fraction of sp³-hybridized carbons (Fsp3) is 0.333. The molecule has 3 aromatic heterocycles. The van der Waals surface area contributed by atoms with E-state index in [1.807, 2.05) is 43.3 Å². The molecule has 0 bridgehead atoms. The number of aromatic nitrogens is 3. The van der Waals surface area contributed by atoms with Gasteiger partial charge >= 0.3 is 0 Å². The fourth-order valence-corrected chi connectivity index (χ4v) is 5.68. The van der Waals surface area contributed by atoms with Crippen molar-refractivity contribution in [2.75, 3.05) is 0 Å². The average molecular weight is 489 g/mol. The van der Waals surface area contributed by atoms with Gasteiger partial charge in [0.15, 0.2) is 0 Å². The Hall–Kier alpha value is -3.52. The van der Waals surface area contributed by atoms with E-state index in [9.17, 15) is 9.59 Å². The first-order valence-corrected chi connectivity index (χ1v) is 12.8. The molecule has 180 valence electrons. The second-order valence-corrected chi connectivity index (χ2v) is 9.98. The first kappa shape index (κ1) is 23.2. The summed E-state index contributed by atoms with van der Waals surface area (Å²) in [5.41, 5.74) is 3.13. The minimum atomic E-state index is -0.156. The number of nitrogens with one attached hydrogen (secondary N) is 1. The van der Waals surface area contributed by atoms with Crippen molar-refractivity contribution >= 4 is 27.5 Å². The molecule has 4 aromatic rings. The van der Waals surface area contributed by atoms with E-state index in [0.717, 1.165) is 46.4 Å². The van der Waals surface area contributed by atoms with Crippen LogP contribution in [-0.4, -0.2) is 20.4 Å². The van der Waals surface area contributed by atoms with E-state index in [4.69, 9.17) is 4.74 Å². The lowest BCUT2D eigenvalue weighted by atomic mass is 9.97. The standard InChI is InChI=1S/C27H28N4O3S/c1-18(20-8-10-21(11-9-20)34-16-19-5-4-13-28-15-19)30-24(32)12-14-31-17-29-26-25(27(31)33)22-6-2-3-7-23(22)35-26/h4-5,8-11,13,15,17-18H,2-3,6-7,12,14,16H2,1H3,(H,30,32). The Morgan fingerprint density at radius 3 is 2.83 bits per heavy atom. The van der Waals surface area contributed by atoms with Crippen molar-refractivity contribution < 1.29 is 9.53 Å². The number of benzene rings is 1. The number of amides is 1. The molecule has 0 saturated heterocycles. The van der Waals surface area contributed by atoms with Crippen LogP contribution < -0.4 is 15.6 Å². The minimum Gasteiger partial charge on any atom is -0.489 e. The predicted molar refractivity (Wildman–Crippen MR) is 137 cm³/mol. The summed E-state index contributed by atoms with van der Waals surface area (Å²) >= 11 is 1.64. The number of hydrogen-bond acceptors (Lipinski definition) is 6. The first-order chi connectivity index (χ1) is 17.1. The van der Waals surface area contributed by atoms with Gasteiger partial charge in [-0.25, -0.2) is 4.98 Å². The molecule has 3 heterocycles. The molecule has 0 spiro atoms. The van der Waals surface area contributed by atoms with Crippen LogP contribution in [-0.2, 0) is 30.8 Å². The number of hydrogen-bond donors (Lipinski definition) is 1.